The molecular weight excluding hydrogens is 354 g/mol. The monoisotopic (exact) mass is 362 g/mol. The fraction of sp³-hybridized carbons (Fsp3) is 0. The van der Waals surface area contributed by atoms with Crippen LogP contribution in [0, 0.1) is 11.6 Å². The number of halogens is 3. The first-order valence-corrected chi connectivity index (χ1v) is 7.60. The van der Waals surface area contributed by atoms with E-state index in [0.29, 0.717) is 4.47 Å². The van der Waals surface area contributed by atoms with E-state index in [1.807, 2.05) is 0 Å². The predicted molar refractivity (Wildman–Crippen MR) is 75.7 cm³/mol. The standard InChI is InChI=1S/C12H9BrF2N2O2S/c13-7-1-3-11(9(15)5-7)17-20(18,19)12-4-2-8(14)6-10(12)16/h1-6,17H,16H2. The van der Waals surface area contributed by atoms with Gasteiger partial charge in [0, 0.05) is 4.47 Å². The lowest BCUT2D eigenvalue weighted by atomic mass is 10.3. The van der Waals surface area contributed by atoms with E-state index in [1.54, 1.807) is 0 Å². The predicted octanol–water partition coefficient (Wildman–Crippen LogP) is 3.11. The second-order valence-corrected chi connectivity index (χ2v) is 6.48. The van der Waals surface area contributed by atoms with Crippen molar-refractivity contribution in [3.8, 4) is 0 Å². The van der Waals surface area contributed by atoms with Gasteiger partial charge in [-0.2, -0.15) is 0 Å². The summed E-state index contributed by atoms with van der Waals surface area (Å²) < 4.78 is 53.2. The highest BCUT2D eigenvalue weighted by Crippen LogP contribution is 2.25. The molecule has 2 aromatic rings. The molecule has 0 unspecified atom stereocenters. The highest BCUT2D eigenvalue weighted by Gasteiger charge is 2.19. The first-order chi connectivity index (χ1) is 9.29. The zero-order chi connectivity index (χ0) is 14.9. The molecule has 0 atom stereocenters. The highest BCUT2D eigenvalue weighted by molar-refractivity contribution is 9.10. The molecule has 2 aromatic carbocycles. The molecule has 0 bridgehead atoms. The first kappa shape index (κ1) is 14.7. The maximum absolute atomic E-state index is 13.6. The van der Waals surface area contributed by atoms with Gasteiger partial charge in [-0.1, -0.05) is 15.9 Å². The molecule has 0 fully saturated rings. The number of rotatable bonds is 3. The second kappa shape index (κ2) is 5.37. The summed E-state index contributed by atoms with van der Waals surface area (Å²) in [7, 11) is -4.09. The summed E-state index contributed by atoms with van der Waals surface area (Å²) in [4.78, 5) is -0.318. The summed E-state index contributed by atoms with van der Waals surface area (Å²) >= 11 is 3.06. The molecule has 4 nitrogen and oxygen atoms in total. The molecule has 8 heteroatoms. The zero-order valence-corrected chi connectivity index (χ0v) is 12.3. The summed E-state index contributed by atoms with van der Waals surface area (Å²) in [6.07, 6.45) is 0. The van der Waals surface area contributed by atoms with Crippen molar-refractivity contribution in [1.82, 2.24) is 0 Å². The zero-order valence-electron chi connectivity index (χ0n) is 9.90. The fourth-order valence-corrected chi connectivity index (χ4v) is 3.05. The number of sulfonamides is 1. The number of nitrogen functional groups attached to an aromatic ring is 1. The molecule has 0 heterocycles. The number of benzene rings is 2. The minimum atomic E-state index is -4.09. The number of hydrogen-bond donors (Lipinski definition) is 2. The highest BCUT2D eigenvalue weighted by atomic mass is 79.9. The Morgan fingerprint density at radius 3 is 2.40 bits per heavy atom. The van der Waals surface area contributed by atoms with E-state index in [-0.39, 0.29) is 16.3 Å². The smallest absolute Gasteiger partial charge is 0.264 e. The number of nitrogens with one attached hydrogen (secondary N) is 1. The SMILES string of the molecule is Nc1cc(F)ccc1S(=O)(=O)Nc1ccc(Br)cc1F. The van der Waals surface area contributed by atoms with E-state index < -0.39 is 21.7 Å². The van der Waals surface area contributed by atoms with Gasteiger partial charge in [0.05, 0.1) is 11.4 Å². The first-order valence-electron chi connectivity index (χ1n) is 5.32. The van der Waals surface area contributed by atoms with Crippen LogP contribution in [0.1, 0.15) is 0 Å². The van der Waals surface area contributed by atoms with E-state index in [1.165, 1.54) is 12.1 Å². The summed E-state index contributed by atoms with van der Waals surface area (Å²) in [5.41, 5.74) is 4.98. The van der Waals surface area contributed by atoms with Crippen molar-refractivity contribution >= 4 is 37.3 Å². The summed E-state index contributed by atoms with van der Waals surface area (Å²) in [5.74, 6) is -1.40. The van der Waals surface area contributed by atoms with Crippen LogP contribution in [-0.4, -0.2) is 8.42 Å². The van der Waals surface area contributed by atoms with Gasteiger partial charge in [-0.05, 0) is 36.4 Å². The molecule has 3 N–H and O–H groups in total. The average molecular weight is 363 g/mol. The van der Waals surface area contributed by atoms with Gasteiger partial charge in [0.25, 0.3) is 10.0 Å². The van der Waals surface area contributed by atoms with Crippen molar-refractivity contribution < 1.29 is 17.2 Å². The lowest BCUT2D eigenvalue weighted by Crippen LogP contribution is -2.15. The van der Waals surface area contributed by atoms with Crippen LogP contribution in [0.4, 0.5) is 20.2 Å². The molecule has 0 aromatic heterocycles. The van der Waals surface area contributed by atoms with Gasteiger partial charge in [0.2, 0.25) is 0 Å². The van der Waals surface area contributed by atoms with E-state index in [9.17, 15) is 17.2 Å². The van der Waals surface area contributed by atoms with Crippen molar-refractivity contribution in [3.05, 3.63) is 52.5 Å². The quantitative estimate of drug-likeness (QED) is 0.824. The van der Waals surface area contributed by atoms with Crippen LogP contribution in [0.25, 0.3) is 0 Å². The largest absolute Gasteiger partial charge is 0.398 e. The molecule has 0 radical (unpaired) electrons. The van der Waals surface area contributed by atoms with Crippen molar-refractivity contribution in [3.63, 3.8) is 0 Å². The van der Waals surface area contributed by atoms with Crippen LogP contribution in [0.3, 0.4) is 0 Å². The molecule has 0 spiro atoms. The van der Waals surface area contributed by atoms with Crippen molar-refractivity contribution in [2.75, 3.05) is 10.5 Å². The topological polar surface area (TPSA) is 72.2 Å². The van der Waals surface area contributed by atoms with Crippen LogP contribution >= 0.6 is 15.9 Å². The van der Waals surface area contributed by atoms with Gasteiger partial charge in [0.1, 0.15) is 16.5 Å². The fourth-order valence-electron chi connectivity index (χ4n) is 1.54. The van der Waals surface area contributed by atoms with Gasteiger partial charge in [-0.25, -0.2) is 17.2 Å². The number of hydrogen-bond acceptors (Lipinski definition) is 3. The summed E-state index contributed by atoms with van der Waals surface area (Å²) in [6.45, 7) is 0. The van der Waals surface area contributed by atoms with Crippen molar-refractivity contribution in [1.29, 1.82) is 0 Å². The minimum Gasteiger partial charge on any atom is -0.398 e. The normalized spacial score (nSPS) is 11.3. The Morgan fingerprint density at radius 2 is 1.80 bits per heavy atom. The molecule has 0 aliphatic carbocycles. The van der Waals surface area contributed by atoms with Gasteiger partial charge >= 0.3 is 0 Å². The molecule has 0 amide bonds. The van der Waals surface area contributed by atoms with Crippen LogP contribution in [0.15, 0.2) is 45.8 Å². The van der Waals surface area contributed by atoms with E-state index in [0.717, 1.165) is 24.3 Å². The van der Waals surface area contributed by atoms with Gasteiger partial charge < -0.3 is 5.73 Å². The lowest BCUT2D eigenvalue weighted by molar-refractivity contribution is 0.597. The van der Waals surface area contributed by atoms with Gasteiger partial charge in [-0.15, -0.1) is 0 Å². The van der Waals surface area contributed by atoms with Crippen LogP contribution in [-0.2, 0) is 10.0 Å². The van der Waals surface area contributed by atoms with E-state index in [2.05, 4.69) is 20.7 Å². The molecule has 0 saturated carbocycles. The Hall–Kier alpha value is -1.67. The molecule has 106 valence electrons. The molecule has 20 heavy (non-hydrogen) atoms. The van der Waals surface area contributed by atoms with Crippen LogP contribution in [0.5, 0.6) is 0 Å². The van der Waals surface area contributed by atoms with E-state index in [4.69, 9.17) is 5.73 Å². The third kappa shape index (κ3) is 3.07. The van der Waals surface area contributed by atoms with Crippen LogP contribution in [0.2, 0.25) is 0 Å². The molecule has 0 aliphatic heterocycles. The Morgan fingerprint density at radius 1 is 1.10 bits per heavy atom. The Balaban J connectivity index is 2.41. The van der Waals surface area contributed by atoms with Gasteiger partial charge in [-0.3, -0.25) is 4.72 Å². The Bertz CT molecular complexity index is 766. The number of nitrogens with two attached hydrogens (primary N) is 1. The Labute approximate surface area is 122 Å². The minimum absolute atomic E-state index is 0.225. The maximum Gasteiger partial charge on any atom is 0.264 e. The number of anilines is 2. The van der Waals surface area contributed by atoms with Gasteiger partial charge in [0.15, 0.2) is 0 Å². The Kier molecular flexibility index (Phi) is 3.96. The average Bonchev–Trinajstić information content (AvgIpc) is 2.32. The summed E-state index contributed by atoms with van der Waals surface area (Å²) in [6, 6.07) is 6.72. The summed E-state index contributed by atoms with van der Waals surface area (Å²) in [5, 5.41) is 0. The second-order valence-electron chi connectivity index (χ2n) is 3.91. The molecule has 0 aliphatic rings. The molecule has 2 rings (SSSR count). The third-order valence-electron chi connectivity index (χ3n) is 2.44. The van der Waals surface area contributed by atoms with Crippen LogP contribution < -0.4 is 10.5 Å². The molecular formula is C12H9BrF2N2O2S. The van der Waals surface area contributed by atoms with Crippen molar-refractivity contribution in [2.45, 2.75) is 4.90 Å². The lowest BCUT2D eigenvalue weighted by Gasteiger charge is -2.11. The van der Waals surface area contributed by atoms with E-state index >= 15 is 0 Å². The molecule has 0 saturated heterocycles. The maximum atomic E-state index is 13.6. The van der Waals surface area contributed by atoms with Crippen molar-refractivity contribution in [2.24, 2.45) is 0 Å². The third-order valence-corrected chi connectivity index (χ3v) is 4.37.